The van der Waals surface area contributed by atoms with Gasteiger partial charge in [-0.1, -0.05) is 6.07 Å². The van der Waals surface area contributed by atoms with Crippen LogP contribution in [-0.4, -0.2) is 98.0 Å². The van der Waals surface area contributed by atoms with Gasteiger partial charge in [-0.15, -0.1) is 0 Å². The van der Waals surface area contributed by atoms with Gasteiger partial charge in [0, 0.05) is 12.0 Å². The van der Waals surface area contributed by atoms with E-state index in [9.17, 15) is 35.4 Å². The van der Waals surface area contributed by atoms with Crippen molar-refractivity contribution in [2.24, 2.45) is 11.8 Å². The third-order valence-electron chi connectivity index (χ3n) is 7.23. The molecule has 3 aliphatic heterocycles. The zero-order chi connectivity index (χ0) is 25.8. The lowest BCUT2D eigenvalue weighted by molar-refractivity contribution is -0.344. The van der Waals surface area contributed by atoms with Crippen molar-refractivity contribution in [2.45, 2.75) is 61.7 Å². The fourth-order valence-corrected chi connectivity index (χ4v) is 5.22. The normalized spacial score (nSPS) is 43.0. The summed E-state index contributed by atoms with van der Waals surface area (Å²) >= 11 is 0. The summed E-state index contributed by atoms with van der Waals surface area (Å²) in [5, 5.41) is 58.8. The summed E-state index contributed by atoms with van der Waals surface area (Å²) in [6, 6.07) is 4.12. The van der Waals surface area contributed by atoms with Gasteiger partial charge in [-0.25, -0.2) is 4.79 Å². The van der Waals surface area contributed by atoms with Crippen LogP contribution in [0, 0.1) is 11.8 Å². The fraction of sp³-hybridized carbons (Fsp3) is 0.542. The number of aliphatic hydroxyl groups excluding tert-OH is 4. The lowest BCUT2D eigenvalue weighted by Gasteiger charge is -2.43. The summed E-state index contributed by atoms with van der Waals surface area (Å²) in [6.45, 7) is 1.23. The Labute approximate surface area is 205 Å². The Bertz CT molecular complexity index is 1060. The lowest BCUT2D eigenvalue weighted by Crippen LogP contribution is -2.60. The highest BCUT2D eigenvalue weighted by atomic mass is 16.8. The minimum absolute atomic E-state index is 0.274. The number of aliphatic hydroxyl groups is 4. The predicted molar refractivity (Wildman–Crippen MR) is 118 cm³/mol. The molecule has 1 saturated carbocycles. The quantitative estimate of drug-likeness (QED) is 0.121. The van der Waals surface area contributed by atoms with Crippen LogP contribution in [0.25, 0.3) is 6.08 Å². The van der Waals surface area contributed by atoms with Crippen LogP contribution in [0.3, 0.4) is 0 Å². The van der Waals surface area contributed by atoms with Gasteiger partial charge in [-0.2, -0.15) is 0 Å². The number of aromatic hydroxyl groups is 2. The maximum Gasteiger partial charge on any atom is 0.331 e. The van der Waals surface area contributed by atoms with Crippen LogP contribution in [-0.2, 0) is 28.5 Å². The third-order valence-corrected chi connectivity index (χ3v) is 7.23. The Hall–Kier alpha value is -2.71. The van der Waals surface area contributed by atoms with E-state index in [4.69, 9.17) is 23.7 Å². The van der Waals surface area contributed by atoms with E-state index in [-0.39, 0.29) is 17.4 Å². The van der Waals surface area contributed by atoms with E-state index in [0.717, 1.165) is 0 Å². The number of rotatable bonds is 6. The molecule has 3 fully saturated rings. The zero-order valence-corrected chi connectivity index (χ0v) is 19.2. The summed E-state index contributed by atoms with van der Waals surface area (Å²) in [5.41, 5.74) is -0.274. The van der Waals surface area contributed by atoms with E-state index in [1.54, 1.807) is 6.08 Å². The molecular formula is C24H28O12. The van der Waals surface area contributed by atoms with Gasteiger partial charge in [0.25, 0.3) is 0 Å². The van der Waals surface area contributed by atoms with Crippen LogP contribution < -0.4 is 0 Å². The number of epoxide rings is 1. The summed E-state index contributed by atoms with van der Waals surface area (Å²) < 4.78 is 28.5. The van der Waals surface area contributed by atoms with Gasteiger partial charge < -0.3 is 54.3 Å². The van der Waals surface area contributed by atoms with E-state index in [2.05, 4.69) is 0 Å². The van der Waals surface area contributed by atoms with Crippen LogP contribution >= 0.6 is 0 Å². The predicted octanol–water partition coefficient (Wildman–Crippen LogP) is -0.887. The first-order valence-corrected chi connectivity index (χ1v) is 11.5. The van der Waals surface area contributed by atoms with Crippen molar-refractivity contribution in [1.82, 2.24) is 0 Å². The molecule has 4 aliphatic rings. The summed E-state index contributed by atoms with van der Waals surface area (Å²) in [6.07, 6.45) is -3.60. The standard InChI is InChI=1S/C24H28O12/c1-24-16-11(6-7-32-22(16)35-23-19(31)18(30)17(29)14(9-25)33-23)20(21(24)36-24)34-15(28)5-3-10-2-4-12(26)13(27)8-10/h2-8,11,14,16-23,25-27,29-31H,9H2,1H3/t11-,14-,16-,17-,18+,19-,20+,21+,22+,23+,24-/m1/s1. The highest BCUT2D eigenvalue weighted by Gasteiger charge is 2.75. The first-order chi connectivity index (χ1) is 17.1. The summed E-state index contributed by atoms with van der Waals surface area (Å²) in [5.74, 6) is -2.05. The topological polar surface area (TPSA) is 188 Å². The number of benzene rings is 1. The average Bonchev–Trinajstić information content (AvgIpc) is 3.48. The minimum Gasteiger partial charge on any atom is -0.504 e. The molecular weight excluding hydrogens is 480 g/mol. The SMILES string of the molecule is C[C@]12O[C@H]1[C@@H](OC(=O)C=Cc1ccc(O)c(O)c1)[C@@H]1C=CO[C@@H](O[C@@H]3O[C@H](CO)[C@@H](O)[C@H](O)[C@H]3O)[C@@H]12. The van der Waals surface area contributed by atoms with Crippen LogP contribution in [0.15, 0.2) is 36.6 Å². The number of fused-ring (bicyclic) bond motifs is 3. The van der Waals surface area contributed by atoms with Gasteiger partial charge in [0.1, 0.15) is 42.2 Å². The molecule has 0 aromatic heterocycles. The third kappa shape index (κ3) is 4.24. The number of hydrogen-bond donors (Lipinski definition) is 6. The van der Waals surface area contributed by atoms with Crippen molar-refractivity contribution in [3.8, 4) is 11.5 Å². The highest BCUT2D eigenvalue weighted by molar-refractivity contribution is 5.87. The number of carbonyl (C=O) groups is 1. The molecule has 6 N–H and O–H groups in total. The molecule has 3 heterocycles. The van der Waals surface area contributed by atoms with Gasteiger partial charge in [0.15, 0.2) is 17.8 Å². The summed E-state index contributed by atoms with van der Waals surface area (Å²) in [7, 11) is 0. The molecule has 0 radical (unpaired) electrons. The Balaban J connectivity index is 1.27. The smallest absolute Gasteiger partial charge is 0.331 e. The van der Waals surface area contributed by atoms with E-state index in [0.29, 0.717) is 5.56 Å². The molecule has 11 atom stereocenters. The number of phenols is 2. The second kappa shape index (κ2) is 9.30. The monoisotopic (exact) mass is 508 g/mol. The lowest BCUT2D eigenvalue weighted by atomic mass is 9.86. The molecule has 36 heavy (non-hydrogen) atoms. The first kappa shape index (κ1) is 25.0. The van der Waals surface area contributed by atoms with Crippen molar-refractivity contribution < 1.29 is 59.1 Å². The Morgan fingerprint density at radius 3 is 2.61 bits per heavy atom. The van der Waals surface area contributed by atoms with Crippen LogP contribution in [0.5, 0.6) is 11.5 Å². The van der Waals surface area contributed by atoms with Gasteiger partial charge in [-0.3, -0.25) is 0 Å². The molecule has 0 bridgehead atoms. The molecule has 0 amide bonds. The molecule has 0 spiro atoms. The van der Waals surface area contributed by atoms with Gasteiger partial charge >= 0.3 is 5.97 Å². The summed E-state index contributed by atoms with van der Waals surface area (Å²) in [4.78, 5) is 12.6. The second-order valence-electron chi connectivity index (χ2n) is 9.47. The van der Waals surface area contributed by atoms with Crippen molar-refractivity contribution in [1.29, 1.82) is 0 Å². The second-order valence-corrected chi connectivity index (χ2v) is 9.47. The van der Waals surface area contributed by atoms with Crippen LogP contribution in [0.4, 0.5) is 0 Å². The Kier molecular flexibility index (Phi) is 6.45. The fourth-order valence-electron chi connectivity index (χ4n) is 5.22. The molecule has 0 unspecified atom stereocenters. The highest BCUT2D eigenvalue weighted by Crippen LogP contribution is 2.60. The van der Waals surface area contributed by atoms with Gasteiger partial charge in [0.2, 0.25) is 6.29 Å². The van der Waals surface area contributed by atoms with E-state index < -0.39 is 73.3 Å². The number of phenolic OH excluding ortho intramolecular Hbond substituents is 2. The maximum atomic E-state index is 12.6. The van der Waals surface area contributed by atoms with Crippen LogP contribution in [0.1, 0.15) is 12.5 Å². The van der Waals surface area contributed by atoms with Crippen molar-refractivity contribution >= 4 is 12.0 Å². The molecule has 1 aliphatic carbocycles. The largest absolute Gasteiger partial charge is 0.504 e. The van der Waals surface area contributed by atoms with Crippen molar-refractivity contribution in [3.63, 3.8) is 0 Å². The van der Waals surface area contributed by atoms with Crippen LogP contribution in [0.2, 0.25) is 0 Å². The van der Waals surface area contributed by atoms with E-state index in [1.165, 1.54) is 36.6 Å². The number of hydrogen-bond acceptors (Lipinski definition) is 12. The minimum atomic E-state index is -1.60. The Morgan fingerprint density at radius 1 is 1.11 bits per heavy atom. The van der Waals surface area contributed by atoms with Gasteiger partial charge in [-0.05, 0) is 36.8 Å². The molecule has 5 rings (SSSR count). The van der Waals surface area contributed by atoms with Crippen molar-refractivity contribution in [2.75, 3.05) is 6.61 Å². The maximum absolute atomic E-state index is 12.6. The molecule has 1 aromatic carbocycles. The zero-order valence-electron chi connectivity index (χ0n) is 19.2. The number of ether oxygens (including phenoxy) is 5. The molecule has 196 valence electrons. The van der Waals surface area contributed by atoms with Gasteiger partial charge in [0.05, 0.1) is 18.8 Å². The van der Waals surface area contributed by atoms with Crippen molar-refractivity contribution in [3.05, 3.63) is 42.2 Å². The number of esters is 1. The Morgan fingerprint density at radius 2 is 1.89 bits per heavy atom. The molecule has 2 saturated heterocycles. The first-order valence-electron chi connectivity index (χ1n) is 11.5. The molecule has 12 heteroatoms. The van der Waals surface area contributed by atoms with E-state index >= 15 is 0 Å². The van der Waals surface area contributed by atoms with E-state index in [1.807, 2.05) is 6.92 Å². The number of carbonyl (C=O) groups excluding carboxylic acids is 1. The molecule has 12 nitrogen and oxygen atoms in total. The molecule has 1 aromatic rings. The average molecular weight is 508 g/mol.